The van der Waals surface area contributed by atoms with Crippen LogP contribution in [0.3, 0.4) is 0 Å². The molecule has 5 heteroatoms. The number of nitrogens with two attached hydrogens (primary N) is 1. The van der Waals surface area contributed by atoms with Gasteiger partial charge in [-0.2, -0.15) is 0 Å². The van der Waals surface area contributed by atoms with Gasteiger partial charge in [-0.15, -0.1) is 11.3 Å². The third kappa shape index (κ3) is 3.29. The van der Waals surface area contributed by atoms with Crippen LogP contribution in [0, 0.1) is 0 Å². The quantitative estimate of drug-likeness (QED) is 0.905. The van der Waals surface area contributed by atoms with Crippen LogP contribution in [0.15, 0.2) is 5.38 Å². The zero-order valence-electron chi connectivity index (χ0n) is 11.5. The van der Waals surface area contributed by atoms with E-state index in [1.165, 1.54) is 10.7 Å². The number of morpholine rings is 1. The first-order chi connectivity index (χ1) is 8.50. The molecule has 18 heavy (non-hydrogen) atoms. The molecule has 0 spiro atoms. The lowest BCUT2D eigenvalue weighted by Gasteiger charge is -2.34. The van der Waals surface area contributed by atoms with Crippen molar-refractivity contribution in [2.75, 3.05) is 26.3 Å². The third-order valence-corrected chi connectivity index (χ3v) is 4.11. The molecule has 1 aromatic heterocycles. The van der Waals surface area contributed by atoms with Crippen molar-refractivity contribution < 1.29 is 4.74 Å². The molecule has 1 aliphatic heterocycles. The van der Waals surface area contributed by atoms with Gasteiger partial charge in [0.1, 0.15) is 5.01 Å². The number of nitrogens with zero attached hydrogens (tertiary/aromatic N) is 2. The minimum absolute atomic E-state index is 0.132. The van der Waals surface area contributed by atoms with E-state index in [1.54, 1.807) is 11.3 Å². The number of thiazole rings is 1. The predicted octanol–water partition coefficient (Wildman–Crippen LogP) is 1.60. The molecule has 1 aromatic rings. The van der Waals surface area contributed by atoms with Gasteiger partial charge in [-0.25, -0.2) is 4.98 Å². The Morgan fingerprint density at radius 3 is 2.94 bits per heavy atom. The molecule has 1 aliphatic rings. The Balaban J connectivity index is 2.02. The Morgan fingerprint density at radius 2 is 2.33 bits per heavy atom. The second-order valence-electron chi connectivity index (χ2n) is 5.81. The van der Waals surface area contributed by atoms with Crippen molar-refractivity contribution in [3.63, 3.8) is 0 Å². The molecule has 102 valence electrons. The number of hydrogen-bond acceptors (Lipinski definition) is 5. The molecule has 4 nitrogen and oxygen atoms in total. The number of rotatable bonds is 3. The predicted molar refractivity (Wildman–Crippen MR) is 74.9 cm³/mol. The summed E-state index contributed by atoms with van der Waals surface area (Å²) in [5.41, 5.74) is 7.10. The molecule has 1 atom stereocenters. The van der Waals surface area contributed by atoms with E-state index in [2.05, 4.69) is 31.1 Å². The fraction of sp³-hybridized carbons (Fsp3) is 0.769. The van der Waals surface area contributed by atoms with Crippen LogP contribution in [0.25, 0.3) is 0 Å². The molecule has 0 saturated carbocycles. The number of hydrogen-bond donors (Lipinski definition) is 1. The maximum Gasteiger partial charge on any atom is 0.107 e. The van der Waals surface area contributed by atoms with Crippen molar-refractivity contribution in [2.45, 2.75) is 38.8 Å². The molecule has 2 heterocycles. The van der Waals surface area contributed by atoms with Gasteiger partial charge in [-0.05, 0) is 0 Å². The van der Waals surface area contributed by atoms with Crippen molar-refractivity contribution in [2.24, 2.45) is 5.73 Å². The summed E-state index contributed by atoms with van der Waals surface area (Å²) in [6.07, 6.45) is 0. The minimum atomic E-state index is 0.132. The summed E-state index contributed by atoms with van der Waals surface area (Å²) in [6.45, 7) is 10.6. The van der Waals surface area contributed by atoms with Crippen LogP contribution in [0.5, 0.6) is 0 Å². The minimum Gasteiger partial charge on any atom is -0.378 e. The highest BCUT2D eigenvalue weighted by atomic mass is 32.1. The topological polar surface area (TPSA) is 51.4 Å². The molecule has 1 saturated heterocycles. The first-order valence-electron chi connectivity index (χ1n) is 6.47. The molecule has 1 fully saturated rings. The van der Waals surface area contributed by atoms with Crippen molar-refractivity contribution in [1.29, 1.82) is 0 Å². The molecule has 2 rings (SSSR count). The Morgan fingerprint density at radius 1 is 1.56 bits per heavy atom. The molecule has 0 aromatic carbocycles. The van der Waals surface area contributed by atoms with Crippen LogP contribution >= 0.6 is 11.3 Å². The molecule has 0 bridgehead atoms. The van der Waals surface area contributed by atoms with E-state index in [1.807, 2.05) is 0 Å². The summed E-state index contributed by atoms with van der Waals surface area (Å²) in [4.78, 5) is 7.12. The summed E-state index contributed by atoms with van der Waals surface area (Å²) >= 11 is 1.75. The largest absolute Gasteiger partial charge is 0.378 e. The van der Waals surface area contributed by atoms with E-state index in [-0.39, 0.29) is 5.41 Å². The Hall–Kier alpha value is -0.490. The van der Waals surface area contributed by atoms with Gasteiger partial charge >= 0.3 is 0 Å². The highest BCUT2D eigenvalue weighted by Crippen LogP contribution is 2.25. The first-order valence-corrected chi connectivity index (χ1v) is 7.35. The Kier molecular flexibility index (Phi) is 4.37. The maximum absolute atomic E-state index is 5.78. The lowest BCUT2D eigenvalue weighted by atomic mass is 9.93. The lowest BCUT2D eigenvalue weighted by molar-refractivity contribution is -0.00797. The summed E-state index contributed by atoms with van der Waals surface area (Å²) in [6, 6.07) is 0.334. The fourth-order valence-corrected chi connectivity index (χ4v) is 3.06. The van der Waals surface area contributed by atoms with Gasteiger partial charge in [-0.1, -0.05) is 20.8 Å². The molecular formula is C13H23N3OS. The van der Waals surface area contributed by atoms with Gasteiger partial charge in [-0.3, -0.25) is 4.90 Å². The second kappa shape index (κ2) is 5.65. The summed E-state index contributed by atoms with van der Waals surface area (Å²) < 4.78 is 5.46. The third-order valence-electron chi connectivity index (χ3n) is 3.28. The molecule has 0 aliphatic carbocycles. The monoisotopic (exact) mass is 269 g/mol. The first kappa shape index (κ1) is 13.9. The van der Waals surface area contributed by atoms with Gasteiger partial charge in [0.2, 0.25) is 0 Å². The van der Waals surface area contributed by atoms with Crippen LogP contribution in [-0.4, -0.2) is 42.2 Å². The van der Waals surface area contributed by atoms with E-state index in [9.17, 15) is 0 Å². The van der Waals surface area contributed by atoms with Crippen LogP contribution < -0.4 is 5.73 Å². The van der Waals surface area contributed by atoms with E-state index in [4.69, 9.17) is 15.5 Å². The Bertz CT molecular complexity index is 386. The van der Waals surface area contributed by atoms with Crippen LogP contribution in [0.2, 0.25) is 0 Å². The van der Waals surface area contributed by atoms with Gasteiger partial charge in [0.15, 0.2) is 0 Å². The van der Waals surface area contributed by atoms with E-state index in [0.717, 1.165) is 26.3 Å². The average Bonchev–Trinajstić information content (AvgIpc) is 2.78. The lowest BCUT2D eigenvalue weighted by Crippen LogP contribution is -2.48. The highest BCUT2D eigenvalue weighted by molar-refractivity contribution is 7.09. The van der Waals surface area contributed by atoms with Crippen LogP contribution in [-0.2, 0) is 16.7 Å². The summed E-state index contributed by atoms with van der Waals surface area (Å²) in [5, 5.41) is 3.35. The van der Waals surface area contributed by atoms with Gasteiger partial charge in [0, 0.05) is 29.9 Å². The zero-order valence-corrected chi connectivity index (χ0v) is 12.3. The van der Waals surface area contributed by atoms with Gasteiger partial charge in [0.05, 0.1) is 25.5 Å². The zero-order chi connectivity index (χ0) is 13.2. The average molecular weight is 269 g/mol. The second-order valence-corrected chi connectivity index (χ2v) is 6.75. The molecule has 2 N–H and O–H groups in total. The summed E-state index contributed by atoms with van der Waals surface area (Å²) in [5.74, 6) is 0. The van der Waals surface area contributed by atoms with Crippen molar-refractivity contribution >= 4 is 11.3 Å². The summed E-state index contributed by atoms with van der Waals surface area (Å²) in [7, 11) is 0. The maximum atomic E-state index is 5.78. The highest BCUT2D eigenvalue weighted by Gasteiger charge is 2.24. The van der Waals surface area contributed by atoms with Crippen molar-refractivity contribution in [1.82, 2.24) is 9.88 Å². The fourth-order valence-electron chi connectivity index (χ4n) is 2.02. The van der Waals surface area contributed by atoms with Crippen LogP contribution in [0.1, 0.15) is 31.5 Å². The Labute approximate surface area is 113 Å². The molecule has 1 unspecified atom stereocenters. The normalized spacial score (nSPS) is 22.3. The number of ether oxygens (including phenoxy) is 1. The van der Waals surface area contributed by atoms with E-state index < -0.39 is 0 Å². The van der Waals surface area contributed by atoms with Crippen molar-refractivity contribution in [3.8, 4) is 0 Å². The SMILES string of the molecule is CC(C)(C)c1csc(CN2CCOCC2CN)n1. The standard InChI is InChI=1S/C13H23N3OS/c1-13(2,3)11-9-18-12(15-11)7-16-4-5-17-8-10(16)6-14/h9-10H,4-8,14H2,1-3H3. The molecule has 0 radical (unpaired) electrons. The van der Waals surface area contributed by atoms with Gasteiger partial charge in [0.25, 0.3) is 0 Å². The van der Waals surface area contributed by atoms with Crippen LogP contribution in [0.4, 0.5) is 0 Å². The smallest absolute Gasteiger partial charge is 0.107 e. The van der Waals surface area contributed by atoms with E-state index in [0.29, 0.717) is 12.6 Å². The molecular weight excluding hydrogens is 246 g/mol. The number of aromatic nitrogens is 1. The molecule has 0 amide bonds. The van der Waals surface area contributed by atoms with Gasteiger partial charge < -0.3 is 10.5 Å². The van der Waals surface area contributed by atoms with E-state index >= 15 is 0 Å². The van der Waals surface area contributed by atoms with Crippen molar-refractivity contribution in [3.05, 3.63) is 16.1 Å².